The van der Waals surface area contributed by atoms with Crippen molar-refractivity contribution >= 4 is 41.7 Å². The van der Waals surface area contributed by atoms with Crippen molar-refractivity contribution < 1.29 is 4.74 Å². The van der Waals surface area contributed by atoms with Crippen LogP contribution in [0.2, 0.25) is 0 Å². The third-order valence-corrected chi connectivity index (χ3v) is 7.00. The van der Waals surface area contributed by atoms with E-state index in [9.17, 15) is 0 Å². The van der Waals surface area contributed by atoms with Crippen molar-refractivity contribution in [2.24, 2.45) is 4.99 Å². The molecule has 0 radical (unpaired) electrons. The second-order valence-corrected chi connectivity index (χ2v) is 8.65. The maximum atomic E-state index is 5.64. The van der Waals surface area contributed by atoms with E-state index < -0.39 is 0 Å². The number of halogens is 1. The molecule has 3 rings (SSSR count). The zero-order chi connectivity index (χ0) is 16.7. The standard InChI is InChI=1S/C18H34N4OS.HI/c1-2-19-17(20-14-16-6-5-13-24-16)21-15-18(7-11-23-12-8-18)22-9-3-4-10-22;/h16H,2-15H2,1H3,(H2,19,20,21);1H. The van der Waals surface area contributed by atoms with Crippen LogP contribution in [0.25, 0.3) is 0 Å². The molecule has 25 heavy (non-hydrogen) atoms. The second-order valence-electron chi connectivity index (χ2n) is 7.24. The summed E-state index contributed by atoms with van der Waals surface area (Å²) in [5, 5.41) is 7.77. The Morgan fingerprint density at radius 1 is 1.20 bits per heavy atom. The van der Waals surface area contributed by atoms with E-state index >= 15 is 0 Å². The van der Waals surface area contributed by atoms with Gasteiger partial charge in [-0.15, -0.1) is 24.0 Å². The van der Waals surface area contributed by atoms with Crippen molar-refractivity contribution in [2.45, 2.75) is 56.2 Å². The van der Waals surface area contributed by atoms with E-state index in [1.165, 1.54) is 44.5 Å². The van der Waals surface area contributed by atoms with Crippen LogP contribution in [-0.2, 0) is 4.74 Å². The van der Waals surface area contributed by atoms with E-state index in [0.717, 1.165) is 56.9 Å². The molecule has 3 aliphatic rings. The second kappa shape index (κ2) is 11.2. The first kappa shape index (κ1) is 21.6. The van der Waals surface area contributed by atoms with Crippen LogP contribution in [0.5, 0.6) is 0 Å². The van der Waals surface area contributed by atoms with Gasteiger partial charge in [0.25, 0.3) is 0 Å². The number of nitrogens with one attached hydrogen (secondary N) is 2. The van der Waals surface area contributed by atoms with Gasteiger partial charge in [-0.25, -0.2) is 0 Å². The van der Waals surface area contributed by atoms with Gasteiger partial charge in [0.2, 0.25) is 0 Å². The van der Waals surface area contributed by atoms with Gasteiger partial charge in [-0.05, 0) is 64.3 Å². The van der Waals surface area contributed by atoms with Gasteiger partial charge < -0.3 is 15.4 Å². The Morgan fingerprint density at radius 3 is 2.60 bits per heavy atom. The van der Waals surface area contributed by atoms with Gasteiger partial charge in [-0.3, -0.25) is 9.89 Å². The zero-order valence-electron chi connectivity index (χ0n) is 15.6. The topological polar surface area (TPSA) is 48.9 Å². The van der Waals surface area contributed by atoms with Crippen molar-refractivity contribution in [3.8, 4) is 0 Å². The highest BCUT2D eigenvalue weighted by atomic mass is 127. The molecular weight excluding hydrogens is 447 g/mol. The lowest BCUT2D eigenvalue weighted by Gasteiger charge is -2.43. The Kier molecular flexibility index (Phi) is 9.65. The molecule has 3 aliphatic heterocycles. The van der Waals surface area contributed by atoms with Gasteiger partial charge in [0.05, 0.1) is 6.54 Å². The van der Waals surface area contributed by atoms with Gasteiger partial charge in [0.15, 0.2) is 5.96 Å². The maximum absolute atomic E-state index is 5.64. The molecule has 5 nitrogen and oxygen atoms in total. The van der Waals surface area contributed by atoms with Gasteiger partial charge in [-0.1, -0.05) is 0 Å². The largest absolute Gasteiger partial charge is 0.381 e. The fourth-order valence-corrected chi connectivity index (χ4v) is 5.30. The van der Waals surface area contributed by atoms with Crippen molar-refractivity contribution in [3.05, 3.63) is 0 Å². The molecule has 2 N–H and O–H groups in total. The van der Waals surface area contributed by atoms with Crippen LogP contribution in [0.4, 0.5) is 0 Å². The summed E-state index contributed by atoms with van der Waals surface area (Å²) in [5.74, 6) is 2.31. The van der Waals surface area contributed by atoms with Crippen LogP contribution in [0.15, 0.2) is 4.99 Å². The molecule has 0 aromatic carbocycles. The van der Waals surface area contributed by atoms with Gasteiger partial charge in [0, 0.05) is 37.1 Å². The molecule has 3 fully saturated rings. The Hall–Kier alpha value is 0.270. The molecule has 1 atom stereocenters. The summed E-state index contributed by atoms with van der Waals surface area (Å²) < 4.78 is 5.64. The van der Waals surface area contributed by atoms with E-state index in [1.54, 1.807) is 0 Å². The number of aliphatic imine (C=N–C) groups is 1. The highest BCUT2D eigenvalue weighted by Crippen LogP contribution is 2.31. The lowest BCUT2D eigenvalue weighted by atomic mass is 9.88. The summed E-state index contributed by atoms with van der Waals surface area (Å²) in [6.45, 7) is 9.23. The predicted molar refractivity (Wildman–Crippen MR) is 118 cm³/mol. The molecule has 0 aliphatic carbocycles. The van der Waals surface area contributed by atoms with E-state index in [4.69, 9.17) is 9.73 Å². The number of guanidine groups is 1. The number of ether oxygens (including phenoxy) is 1. The first-order valence-electron chi connectivity index (χ1n) is 9.79. The molecule has 0 spiro atoms. The molecule has 0 bridgehead atoms. The predicted octanol–water partition coefficient (Wildman–Crippen LogP) is 2.70. The Bertz CT molecular complexity index is 406. The van der Waals surface area contributed by atoms with Crippen LogP contribution in [0, 0.1) is 0 Å². The summed E-state index contributed by atoms with van der Waals surface area (Å²) >= 11 is 2.10. The minimum atomic E-state index is 0. The first-order chi connectivity index (χ1) is 11.8. The molecule has 1 unspecified atom stereocenters. The van der Waals surface area contributed by atoms with Crippen LogP contribution in [0.1, 0.15) is 45.4 Å². The minimum Gasteiger partial charge on any atom is -0.381 e. The monoisotopic (exact) mass is 482 g/mol. The average Bonchev–Trinajstić information content (AvgIpc) is 3.32. The zero-order valence-corrected chi connectivity index (χ0v) is 18.7. The molecular formula is C18H35IN4OS. The number of likely N-dealkylation sites (tertiary alicyclic amines) is 1. The van der Waals surface area contributed by atoms with E-state index in [1.807, 2.05) is 0 Å². The Labute approximate surface area is 174 Å². The molecule has 0 aromatic rings. The summed E-state index contributed by atoms with van der Waals surface area (Å²) in [6.07, 6.45) is 7.62. The molecule has 3 heterocycles. The maximum Gasteiger partial charge on any atom is 0.191 e. The highest BCUT2D eigenvalue weighted by Gasteiger charge is 2.39. The quantitative estimate of drug-likeness (QED) is 0.347. The van der Waals surface area contributed by atoms with Crippen LogP contribution < -0.4 is 10.6 Å². The van der Waals surface area contributed by atoms with Crippen molar-refractivity contribution in [1.82, 2.24) is 15.5 Å². The van der Waals surface area contributed by atoms with E-state index in [2.05, 4.69) is 34.2 Å². The fourth-order valence-electron chi connectivity index (χ4n) is 4.10. The average molecular weight is 482 g/mol. The molecule has 0 aromatic heterocycles. The fraction of sp³-hybridized carbons (Fsp3) is 0.944. The Balaban J connectivity index is 0.00000225. The van der Waals surface area contributed by atoms with E-state index in [-0.39, 0.29) is 29.5 Å². The number of hydrogen-bond acceptors (Lipinski definition) is 4. The summed E-state index contributed by atoms with van der Waals surface area (Å²) in [5.41, 5.74) is 0.221. The van der Waals surface area contributed by atoms with E-state index in [0.29, 0.717) is 0 Å². The molecule has 146 valence electrons. The molecule has 3 saturated heterocycles. The van der Waals surface area contributed by atoms with Gasteiger partial charge >= 0.3 is 0 Å². The normalized spacial score (nSPS) is 27.1. The van der Waals surface area contributed by atoms with Crippen molar-refractivity contribution in [1.29, 1.82) is 0 Å². The molecule has 0 amide bonds. The van der Waals surface area contributed by atoms with Crippen LogP contribution in [0.3, 0.4) is 0 Å². The van der Waals surface area contributed by atoms with Crippen molar-refractivity contribution in [2.75, 3.05) is 51.7 Å². The number of hydrogen-bond donors (Lipinski definition) is 2. The summed E-state index contributed by atoms with van der Waals surface area (Å²) in [4.78, 5) is 7.69. The lowest BCUT2D eigenvalue weighted by molar-refractivity contribution is -0.0139. The Morgan fingerprint density at radius 2 is 1.96 bits per heavy atom. The number of nitrogens with zero attached hydrogens (tertiary/aromatic N) is 2. The van der Waals surface area contributed by atoms with Crippen LogP contribution in [-0.4, -0.2) is 73.3 Å². The minimum absolute atomic E-state index is 0. The highest BCUT2D eigenvalue weighted by molar-refractivity contribution is 14.0. The number of thioether (sulfide) groups is 1. The SMILES string of the molecule is CCNC(=NCC1(N2CCCC2)CCOCC1)NCC1CCCS1.I. The third kappa shape index (κ3) is 6.14. The lowest BCUT2D eigenvalue weighted by Crippen LogP contribution is -2.54. The van der Waals surface area contributed by atoms with Gasteiger partial charge in [0.1, 0.15) is 0 Å². The van der Waals surface area contributed by atoms with Gasteiger partial charge in [-0.2, -0.15) is 11.8 Å². The van der Waals surface area contributed by atoms with Crippen molar-refractivity contribution in [3.63, 3.8) is 0 Å². The number of rotatable bonds is 6. The molecule has 7 heteroatoms. The molecule has 0 saturated carbocycles. The third-order valence-electron chi connectivity index (χ3n) is 5.60. The van der Waals surface area contributed by atoms with Crippen LogP contribution >= 0.6 is 35.7 Å². The summed E-state index contributed by atoms with van der Waals surface area (Å²) in [7, 11) is 0. The summed E-state index contributed by atoms with van der Waals surface area (Å²) in [6, 6.07) is 0. The first-order valence-corrected chi connectivity index (χ1v) is 10.8. The smallest absolute Gasteiger partial charge is 0.191 e.